The molecule has 0 aromatic heterocycles. The maximum Gasteiger partial charge on any atom is 0.335 e. The summed E-state index contributed by atoms with van der Waals surface area (Å²) in [4.78, 5) is 27.1. The molecule has 5 nitrogen and oxygen atoms in total. The molecule has 1 atom stereocenters. The SMILES string of the molecule is CCC(C)N(C)C(=O)N1CCc2ccc(C(=O)O)cc2C1. The number of amides is 2. The number of urea groups is 1. The Hall–Kier alpha value is -2.04. The van der Waals surface area contributed by atoms with Gasteiger partial charge in [-0.05, 0) is 43.0 Å². The van der Waals surface area contributed by atoms with Gasteiger partial charge in [0, 0.05) is 26.2 Å². The largest absolute Gasteiger partial charge is 0.478 e. The van der Waals surface area contributed by atoms with Crippen molar-refractivity contribution in [3.05, 3.63) is 34.9 Å². The fraction of sp³-hybridized carbons (Fsp3) is 0.500. The zero-order chi connectivity index (χ0) is 15.6. The van der Waals surface area contributed by atoms with Gasteiger partial charge in [0.2, 0.25) is 0 Å². The van der Waals surface area contributed by atoms with Gasteiger partial charge in [-0.2, -0.15) is 0 Å². The number of benzene rings is 1. The smallest absolute Gasteiger partial charge is 0.335 e. The predicted molar refractivity (Wildman–Crippen MR) is 80.4 cm³/mol. The maximum atomic E-state index is 12.5. The van der Waals surface area contributed by atoms with E-state index in [-0.39, 0.29) is 17.6 Å². The van der Waals surface area contributed by atoms with Gasteiger partial charge in [0.1, 0.15) is 0 Å². The summed E-state index contributed by atoms with van der Waals surface area (Å²) in [5, 5.41) is 9.07. The van der Waals surface area contributed by atoms with Crippen molar-refractivity contribution in [2.45, 2.75) is 39.3 Å². The average Bonchev–Trinajstić information content (AvgIpc) is 2.51. The summed E-state index contributed by atoms with van der Waals surface area (Å²) in [6.45, 7) is 5.24. The molecule has 1 heterocycles. The molecule has 1 unspecified atom stereocenters. The van der Waals surface area contributed by atoms with Crippen LogP contribution in [-0.2, 0) is 13.0 Å². The number of carbonyl (C=O) groups is 2. The standard InChI is InChI=1S/C16H22N2O3/c1-4-11(2)17(3)16(21)18-8-7-12-5-6-13(15(19)20)9-14(12)10-18/h5-6,9,11H,4,7-8,10H2,1-3H3,(H,19,20). The van der Waals surface area contributed by atoms with Crippen molar-refractivity contribution in [3.63, 3.8) is 0 Å². The molecule has 1 aliphatic rings. The van der Waals surface area contributed by atoms with E-state index < -0.39 is 5.97 Å². The molecule has 0 saturated heterocycles. The molecule has 1 N–H and O–H groups in total. The highest BCUT2D eigenvalue weighted by molar-refractivity contribution is 5.88. The lowest BCUT2D eigenvalue weighted by molar-refractivity contribution is 0.0696. The second-order valence-corrected chi connectivity index (χ2v) is 5.61. The number of carboxylic acid groups (broad SMARTS) is 1. The number of nitrogens with zero attached hydrogens (tertiary/aromatic N) is 2. The number of hydrogen-bond acceptors (Lipinski definition) is 2. The molecule has 0 saturated carbocycles. The number of rotatable bonds is 3. The first-order chi connectivity index (χ1) is 9.93. The molecule has 0 spiro atoms. The minimum absolute atomic E-state index is 0.00993. The van der Waals surface area contributed by atoms with Crippen LogP contribution in [0.15, 0.2) is 18.2 Å². The molecular formula is C16H22N2O3. The van der Waals surface area contributed by atoms with Crippen LogP contribution in [0.2, 0.25) is 0 Å². The van der Waals surface area contributed by atoms with Crippen LogP contribution in [0.3, 0.4) is 0 Å². The fourth-order valence-electron chi connectivity index (χ4n) is 2.54. The van der Waals surface area contributed by atoms with Gasteiger partial charge in [0.05, 0.1) is 5.56 Å². The number of aromatic carboxylic acids is 1. The van der Waals surface area contributed by atoms with Gasteiger partial charge >= 0.3 is 12.0 Å². The summed E-state index contributed by atoms with van der Waals surface area (Å²) in [7, 11) is 1.82. The van der Waals surface area contributed by atoms with E-state index in [0.29, 0.717) is 13.1 Å². The van der Waals surface area contributed by atoms with E-state index >= 15 is 0 Å². The first-order valence-corrected chi connectivity index (χ1v) is 7.30. The van der Waals surface area contributed by atoms with E-state index in [1.54, 1.807) is 21.9 Å². The normalized spacial score (nSPS) is 15.3. The molecule has 2 rings (SSSR count). The molecule has 1 aliphatic heterocycles. The third-order valence-electron chi connectivity index (χ3n) is 4.29. The van der Waals surface area contributed by atoms with Crippen molar-refractivity contribution in [1.29, 1.82) is 0 Å². The Bertz CT molecular complexity index is 556. The van der Waals surface area contributed by atoms with Crippen LogP contribution in [-0.4, -0.2) is 46.5 Å². The molecule has 0 radical (unpaired) electrons. The molecule has 114 valence electrons. The van der Waals surface area contributed by atoms with Crippen molar-refractivity contribution >= 4 is 12.0 Å². The van der Waals surface area contributed by atoms with E-state index in [1.807, 2.05) is 20.0 Å². The van der Waals surface area contributed by atoms with Crippen LogP contribution in [0.25, 0.3) is 0 Å². The summed E-state index contributed by atoms with van der Waals surface area (Å²) in [6, 6.07) is 5.38. The second-order valence-electron chi connectivity index (χ2n) is 5.61. The maximum absolute atomic E-state index is 12.5. The fourth-order valence-corrected chi connectivity index (χ4v) is 2.54. The average molecular weight is 290 g/mol. The van der Waals surface area contributed by atoms with Crippen LogP contribution in [0.4, 0.5) is 4.79 Å². The molecule has 21 heavy (non-hydrogen) atoms. The van der Waals surface area contributed by atoms with Gasteiger partial charge in [-0.25, -0.2) is 9.59 Å². The highest BCUT2D eigenvalue weighted by Gasteiger charge is 2.25. The third kappa shape index (κ3) is 3.17. The molecule has 1 aromatic rings. The zero-order valence-electron chi connectivity index (χ0n) is 12.8. The monoisotopic (exact) mass is 290 g/mol. The van der Waals surface area contributed by atoms with Crippen molar-refractivity contribution in [1.82, 2.24) is 9.80 Å². The molecule has 2 amide bonds. The van der Waals surface area contributed by atoms with Crippen LogP contribution in [0, 0.1) is 0 Å². The topological polar surface area (TPSA) is 60.9 Å². The number of hydrogen-bond donors (Lipinski definition) is 1. The Labute approximate surface area is 125 Å². The number of carboxylic acids is 1. The minimum atomic E-state index is -0.932. The molecule has 0 bridgehead atoms. The quantitative estimate of drug-likeness (QED) is 0.930. The molecule has 5 heteroatoms. The van der Waals surface area contributed by atoms with Crippen molar-refractivity contribution in [2.75, 3.05) is 13.6 Å². The molecular weight excluding hydrogens is 268 g/mol. The summed E-state index contributed by atoms with van der Waals surface area (Å²) < 4.78 is 0. The highest BCUT2D eigenvalue weighted by Crippen LogP contribution is 2.22. The predicted octanol–water partition coefficient (Wildman–Crippen LogP) is 2.59. The molecule has 1 aromatic carbocycles. The third-order valence-corrected chi connectivity index (χ3v) is 4.29. The Balaban J connectivity index is 2.16. The number of carbonyl (C=O) groups excluding carboxylic acids is 1. The summed E-state index contributed by atoms with van der Waals surface area (Å²) in [5.41, 5.74) is 2.35. The van der Waals surface area contributed by atoms with Crippen LogP contribution in [0.5, 0.6) is 0 Å². The van der Waals surface area contributed by atoms with E-state index in [4.69, 9.17) is 5.11 Å². The Morgan fingerprint density at radius 2 is 2.10 bits per heavy atom. The summed E-state index contributed by atoms with van der Waals surface area (Å²) >= 11 is 0. The van der Waals surface area contributed by atoms with Gasteiger partial charge < -0.3 is 14.9 Å². The first-order valence-electron chi connectivity index (χ1n) is 7.30. The minimum Gasteiger partial charge on any atom is -0.478 e. The molecule has 0 fully saturated rings. The van der Waals surface area contributed by atoms with Crippen LogP contribution in [0.1, 0.15) is 41.8 Å². The van der Waals surface area contributed by atoms with Gasteiger partial charge in [-0.3, -0.25) is 0 Å². The first kappa shape index (κ1) is 15.4. The van der Waals surface area contributed by atoms with Crippen molar-refractivity contribution in [3.8, 4) is 0 Å². The van der Waals surface area contributed by atoms with Gasteiger partial charge in [-0.15, -0.1) is 0 Å². The summed E-state index contributed by atoms with van der Waals surface area (Å²) in [6.07, 6.45) is 1.69. The van der Waals surface area contributed by atoms with E-state index in [1.165, 1.54) is 0 Å². The van der Waals surface area contributed by atoms with Crippen LogP contribution < -0.4 is 0 Å². The van der Waals surface area contributed by atoms with E-state index in [0.717, 1.165) is 24.0 Å². The van der Waals surface area contributed by atoms with Gasteiger partial charge in [-0.1, -0.05) is 13.0 Å². The highest BCUT2D eigenvalue weighted by atomic mass is 16.4. The van der Waals surface area contributed by atoms with Crippen molar-refractivity contribution in [2.24, 2.45) is 0 Å². The second kappa shape index (κ2) is 6.16. The number of fused-ring (bicyclic) bond motifs is 1. The van der Waals surface area contributed by atoms with Gasteiger partial charge in [0.25, 0.3) is 0 Å². The van der Waals surface area contributed by atoms with Gasteiger partial charge in [0.15, 0.2) is 0 Å². The summed E-state index contributed by atoms with van der Waals surface area (Å²) in [5.74, 6) is -0.932. The lowest BCUT2D eigenvalue weighted by Crippen LogP contribution is -2.46. The van der Waals surface area contributed by atoms with E-state index in [2.05, 4.69) is 6.92 Å². The Morgan fingerprint density at radius 3 is 2.71 bits per heavy atom. The molecule has 0 aliphatic carbocycles. The lowest BCUT2D eigenvalue weighted by Gasteiger charge is -2.34. The van der Waals surface area contributed by atoms with E-state index in [9.17, 15) is 9.59 Å². The van der Waals surface area contributed by atoms with Crippen LogP contribution >= 0.6 is 0 Å². The van der Waals surface area contributed by atoms with Crippen molar-refractivity contribution < 1.29 is 14.7 Å². The Morgan fingerprint density at radius 1 is 1.38 bits per heavy atom. The zero-order valence-corrected chi connectivity index (χ0v) is 12.8. The lowest BCUT2D eigenvalue weighted by atomic mass is 9.97. The Kier molecular flexibility index (Phi) is 4.50.